The second-order valence-electron chi connectivity index (χ2n) is 11.1. The van der Waals surface area contributed by atoms with E-state index < -0.39 is 0 Å². The average Bonchev–Trinajstić information content (AvgIpc) is 3.57. The van der Waals surface area contributed by atoms with Gasteiger partial charge in [0.2, 0.25) is 0 Å². The number of ether oxygens (including phenoxy) is 1. The SMILES string of the molecule is CC(C)(C)[C@H]1CCc2c(sc(N=Cc3cc(I)cc(I)c3OCc3ccccc3)c2C(=O)NCc2ccco2)C1. The van der Waals surface area contributed by atoms with Crippen molar-refractivity contribution >= 4 is 73.6 Å². The second kappa shape index (κ2) is 12.8. The molecule has 40 heavy (non-hydrogen) atoms. The Kier molecular flexibility index (Phi) is 9.36. The molecule has 1 N–H and O–H groups in total. The number of carbonyl (C=O) groups is 1. The fourth-order valence-corrected chi connectivity index (χ4v) is 8.31. The summed E-state index contributed by atoms with van der Waals surface area (Å²) in [5, 5.41) is 3.81. The molecule has 1 amide bonds. The quantitative estimate of drug-likeness (QED) is 0.144. The maximum Gasteiger partial charge on any atom is 0.255 e. The van der Waals surface area contributed by atoms with Crippen molar-refractivity contribution in [1.82, 2.24) is 5.32 Å². The smallest absolute Gasteiger partial charge is 0.255 e. The third-order valence-corrected chi connectivity index (χ3v) is 9.87. The van der Waals surface area contributed by atoms with Gasteiger partial charge in [0.15, 0.2) is 0 Å². The Morgan fingerprint density at radius 1 is 1.18 bits per heavy atom. The fraction of sp³-hybridized carbons (Fsp3) is 0.312. The van der Waals surface area contributed by atoms with Crippen molar-refractivity contribution in [3.05, 3.63) is 101 Å². The van der Waals surface area contributed by atoms with Crippen LogP contribution in [-0.4, -0.2) is 12.1 Å². The van der Waals surface area contributed by atoms with E-state index in [1.807, 2.05) is 36.5 Å². The van der Waals surface area contributed by atoms with Gasteiger partial charge in [-0.3, -0.25) is 4.79 Å². The van der Waals surface area contributed by atoms with E-state index in [0.29, 0.717) is 24.6 Å². The third kappa shape index (κ3) is 6.99. The number of hydrogen-bond donors (Lipinski definition) is 1. The fourth-order valence-electron chi connectivity index (χ4n) is 4.99. The molecule has 2 heterocycles. The predicted molar refractivity (Wildman–Crippen MR) is 179 cm³/mol. The van der Waals surface area contributed by atoms with Crippen LogP contribution in [0.2, 0.25) is 0 Å². The number of rotatable bonds is 8. The molecule has 208 valence electrons. The Balaban J connectivity index is 1.47. The van der Waals surface area contributed by atoms with E-state index in [1.54, 1.807) is 17.6 Å². The van der Waals surface area contributed by atoms with E-state index in [1.165, 1.54) is 4.88 Å². The van der Waals surface area contributed by atoms with Crippen LogP contribution in [0, 0.1) is 18.5 Å². The van der Waals surface area contributed by atoms with Crippen LogP contribution in [0.1, 0.15) is 64.9 Å². The molecule has 0 saturated carbocycles. The van der Waals surface area contributed by atoms with E-state index in [2.05, 4.69) is 95.5 Å². The molecule has 0 saturated heterocycles. The van der Waals surface area contributed by atoms with Crippen LogP contribution in [-0.2, 0) is 26.0 Å². The Bertz CT molecular complexity index is 1510. The summed E-state index contributed by atoms with van der Waals surface area (Å²) < 4.78 is 13.9. The number of nitrogens with zero attached hydrogens (tertiary/aromatic N) is 1. The van der Waals surface area contributed by atoms with Crippen molar-refractivity contribution in [2.24, 2.45) is 16.3 Å². The molecule has 2 aromatic carbocycles. The van der Waals surface area contributed by atoms with Crippen LogP contribution in [0.15, 0.2) is 70.3 Å². The number of aliphatic imine (C=N–C) groups is 1. The number of nitrogens with one attached hydrogen (secondary N) is 1. The third-order valence-electron chi connectivity index (χ3n) is 7.29. The molecular weight excluding hydrogens is 746 g/mol. The van der Waals surface area contributed by atoms with Gasteiger partial charge in [0, 0.05) is 20.2 Å². The van der Waals surface area contributed by atoms with Crippen LogP contribution < -0.4 is 10.1 Å². The molecule has 0 spiro atoms. The van der Waals surface area contributed by atoms with Gasteiger partial charge in [-0.15, -0.1) is 11.3 Å². The zero-order chi connectivity index (χ0) is 28.3. The molecule has 1 atom stereocenters. The van der Waals surface area contributed by atoms with Gasteiger partial charge in [0.1, 0.15) is 23.1 Å². The summed E-state index contributed by atoms with van der Waals surface area (Å²) in [6.45, 7) is 7.74. The molecule has 0 radical (unpaired) electrons. The lowest BCUT2D eigenvalue weighted by Crippen LogP contribution is -2.28. The number of halogens is 2. The highest BCUT2D eigenvalue weighted by atomic mass is 127. The van der Waals surface area contributed by atoms with E-state index in [-0.39, 0.29) is 11.3 Å². The maximum absolute atomic E-state index is 13.6. The highest BCUT2D eigenvalue weighted by Gasteiger charge is 2.33. The Hall–Kier alpha value is -2.18. The summed E-state index contributed by atoms with van der Waals surface area (Å²) in [5.74, 6) is 1.99. The van der Waals surface area contributed by atoms with E-state index >= 15 is 0 Å². The van der Waals surface area contributed by atoms with Crippen molar-refractivity contribution in [2.75, 3.05) is 0 Å². The number of carbonyl (C=O) groups excluding carboxylic acids is 1. The van der Waals surface area contributed by atoms with Crippen LogP contribution in [0.4, 0.5) is 5.00 Å². The molecule has 0 bridgehead atoms. The first-order chi connectivity index (χ1) is 19.2. The highest BCUT2D eigenvalue weighted by Crippen LogP contribution is 2.45. The Morgan fingerprint density at radius 2 is 1.98 bits per heavy atom. The van der Waals surface area contributed by atoms with Crippen molar-refractivity contribution in [3.8, 4) is 5.75 Å². The molecule has 1 aliphatic carbocycles. The van der Waals surface area contributed by atoms with Gasteiger partial charge in [-0.25, -0.2) is 4.99 Å². The topological polar surface area (TPSA) is 63.8 Å². The first-order valence-electron chi connectivity index (χ1n) is 13.3. The first-order valence-corrected chi connectivity index (χ1v) is 16.3. The lowest BCUT2D eigenvalue weighted by atomic mass is 9.72. The number of amides is 1. The van der Waals surface area contributed by atoms with Crippen LogP contribution in [0.3, 0.4) is 0 Å². The van der Waals surface area contributed by atoms with E-state index in [9.17, 15) is 4.79 Å². The molecular formula is C32H32I2N2O3S. The molecule has 5 nitrogen and oxygen atoms in total. The minimum absolute atomic E-state index is 0.104. The van der Waals surface area contributed by atoms with Gasteiger partial charge >= 0.3 is 0 Å². The standard InChI is InChI=1S/C32H32I2N2O3S/c1-32(2,3)22-11-12-25-27(15-22)40-31(28(25)30(37)35-18-24-10-7-13-38-24)36-17-21-14-23(33)16-26(34)29(21)39-19-20-8-5-4-6-9-20/h4-10,13-14,16-17,22H,11-12,15,18-19H2,1-3H3,(H,35,37)/t22-/m0/s1. The lowest BCUT2D eigenvalue weighted by Gasteiger charge is -2.33. The van der Waals surface area contributed by atoms with Gasteiger partial charge in [-0.1, -0.05) is 51.1 Å². The predicted octanol–water partition coefficient (Wildman–Crippen LogP) is 8.96. The van der Waals surface area contributed by atoms with Crippen molar-refractivity contribution in [1.29, 1.82) is 0 Å². The maximum atomic E-state index is 13.6. The van der Waals surface area contributed by atoms with E-state index in [4.69, 9.17) is 14.1 Å². The zero-order valence-electron chi connectivity index (χ0n) is 22.8. The summed E-state index contributed by atoms with van der Waals surface area (Å²) in [7, 11) is 0. The molecule has 8 heteroatoms. The molecule has 0 fully saturated rings. The number of furan rings is 1. The Morgan fingerprint density at radius 3 is 2.70 bits per heavy atom. The summed E-state index contributed by atoms with van der Waals surface area (Å²) in [6.07, 6.45) is 6.41. The number of fused-ring (bicyclic) bond motifs is 1. The number of thiophene rings is 1. The second-order valence-corrected chi connectivity index (χ2v) is 14.6. The van der Waals surface area contributed by atoms with Gasteiger partial charge in [-0.05, 0) is 111 Å². The molecule has 4 aromatic rings. The lowest BCUT2D eigenvalue weighted by molar-refractivity contribution is 0.0947. The molecule has 0 aliphatic heterocycles. The van der Waals surface area contributed by atoms with Gasteiger partial charge in [0.25, 0.3) is 5.91 Å². The van der Waals surface area contributed by atoms with Crippen molar-refractivity contribution in [3.63, 3.8) is 0 Å². The van der Waals surface area contributed by atoms with Crippen LogP contribution >= 0.6 is 56.5 Å². The normalized spacial score (nSPS) is 15.3. The van der Waals surface area contributed by atoms with Gasteiger partial charge < -0.3 is 14.5 Å². The molecule has 0 unspecified atom stereocenters. The van der Waals surface area contributed by atoms with Gasteiger partial charge in [0.05, 0.1) is 21.9 Å². The summed E-state index contributed by atoms with van der Waals surface area (Å²) in [6, 6.07) is 18.0. The minimum Gasteiger partial charge on any atom is -0.487 e. The summed E-state index contributed by atoms with van der Waals surface area (Å²) in [5.41, 5.74) is 4.06. The average molecular weight is 778 g/mol. The van der Waals surface area contributed by atoms with Gasteiger partial charge in [-0.2, -0.15) is 0 Å². The van der Waals surface area contributed by atoms with Crippen molar-refractivity contribution < 1.29 is 13.9 Å². The number of hydrogen-bond acceptors (Lipinski definition) is 5. The molecule has 2 aromatic heterocycles. The van der Waals surface area contributed by atoms with Crippen LogP contribution in [0.25, 0.3) is 0 Å². The zero-order valence-corrected chi connectivity index (χ0v) is 27.9. The number of benzene rings is 2. The first kappa shape index (κ1) is 29.3. The minimum atomic E-state index is -0.104. The summed E-state index contributed by atoms with van der Waals surface area (Å²) in [4.78, 5) is 19.8. The van der Waals surface area contributed by atoms with Crippen LogP contribution in [0.5, 0.6) is 5.75 Å². The van der Waals surface area contributed by atoms with E-state index in [0.717, 1.165) is 59.6 Å². The highest BCUT2D eigenvalue weighted by molar-refractivity contribution is 14.1. The molecule has 5 rings (SSSR count). The van der Waals surface area contributed by atoms with Crippen molar-refractivity contribution in [2.45, 2.75) is 53.2 Å². The Labute approximate surface area is 267 Å². The largest absolute Gasteiger partial charge is 0.487 e. The molecule has 1 aliphatic rings. The monoisotopic (exact) mass is 778 g/mol. The summed E-state index contributed by atoms with van der Waals surface area (Å²) >= 11 is 6.29.